The molecule has 0 spiro atoms. The highest BCUT2D eigenvalue weighted by atomic mass is 16.6. The molecule has 1 aromatic carbocycles. The Morgan fingerprint density at radius 3 is 2.83 bits per heavy atom. The van der Waals surface area contributed by atoms with Gasteiger partial charge in [-0.3, -0.25) is 10.1 Å². The van der Waals surface area contributed by atoms with Gasteiger partial charge in [-0.15, -0.1) is 0 Å². The molecule has 23 heavy (non-hydrogen) atoms. The fourth-order valence-electron chi connectivity index (χ4n) is 3.79. The summed E-state index contributed by atoms with van der Waals surface area (Å²) < 4.78 is 0. The first-order valence-electron chi connectivity index (χ1n) is 7.97. The third kappa shape index (κ3) is 2.54. The minimum absolute atomic E-state index is 0.0642. The van der Waals surface area contributed by atoms with Gasteiger partial charge in [-0.2, -0.15) is 0 Å². The number of aryl methyl sites for hydroxylation is 1. The Hall–Kier alpha value is -2.50. The van der Waals surface area contributed by atoms with Crippen LogP contribution in [0.2, 0.25) is 0 Å². The molecule has 1 aliphatic heterocycles. The summed E-state index contributed by atoms with van der Waals surface area (Å²) in [6.45, 7) is 3.01. The third-order valence-corrected chi connectivity index (χ3v) is 4.86. The van der Waals surface area contributed by atoms with Gasteiger partial charge in [0.05, 0.1) is 4.92 Å². The molecule has 1 aromatic heterocycles. The first kappa shape index (κ1) is 14.1. The van der Waals surface area contributed by atoms with E-state index in [2.05, 4.69) is 9.88 Å². The Morgan fingerprint density at radius 2 is 2.13 bits per heavy atom. The zero-order chi connectivity index (χ0) is 16.0. The van der Waals surface area contributed by atoms with Crippen LogP contribution in [0.25, 0.3) is 11.4 Å². The standard InChI is InChI=1S/C17H18N4O2/c1-11-7-16(20-10-12-5-6-14(20)8-12)19-17(18-11)13-3-2-4-15(9-13)21(22)23/h2-4,7,9,12,14H,5-6,8,10H2,1H3. The molecule has 4 rings (SSSR count). The van der Waals surface area contributed by atoms with Gasteiger partial charge in [0.15, 0.2) is 5.82 Å². The molecule has 2 aromatic rings. The van der Waals surface area contributed by atoms with E-state index in [9.17, 15) is 10.1 Å². The second-order valence-electron chi connectivity index (χ2n) is 6.48. The summed E-state index contributed by atoms with van der Waals surface area (Å²) in [4.78, 5) is 22.1. The van der Waals surface area contributed by atoms with E-state index in [1.54, 1.807) is 6.07 Å². The number of aromatic nitrogens is 2. The van der Waals surface area contributed by atoms with E-state index >= 15 is 0 Å². The SMILES string of the molecule is Cc1cc(N2CC3CCC2C3)nc(-c2cccc([N+](=O)[O-])c2)n1. The summed E-state index contributed by atoms with van der Waals surface area (Å²) in [5.74, 6) is 2.30. The molecular formula is C17H18N4O2. The molecule has 2 heterocycles. The number of hydrogen-bond acceptors (Lipinski definition) is 5. The van der Waals surface area contributed by atoms with E-state index in [4.69, 9.17) is 4.98 Å². The fourth-order valence-corrected chi connectivity index (χ4v) is 3.79. The molecule has 1 saturated heterocycles. The van der Waals surface area contributed by atoms with Crippen LogP contribution < -0.4 is 4.90 Å². The first-order chi connectivity index (χ1) is 11.1. The second-order valence-corrected chi connectivity index (χ2v) is 6.48. The molecule has 6 nitrogen and oxygen atoms in total. The first-order valence-corrected chi connectivity index (χ1v) is 7.97. The summed E-state index contributed by atoms with van der Waals surface area (Å²) >= 11 is 0. The van der Waals surface area contributed by atoms with Crippen LogP contribution in [0.5, 0.6) is 0 Å². The lowest BCUT2D eigenvalue weighted by atomic mass is 10.1. The van der Waals surface area contributed by atoms with E-state index in [1.807, 2.05) is 19.1 Å². The molecule has 2 fully saturated rings. The van der Waals surface area contributed by atoms with Crippen molar-refractivity contribution in [1.29, 1.82) is 0 Å². The van der Waals surface area contributed by atoms with Gasteiger partial charge in [-0.05, 0) is 32.1 Å². The average Bonchev–Trinajstić information content (AvgIpc) is 3.17. The molecule has 2 unspecified atom stereocenters. The van der Waals surface area contributed by atoms with Crippen molar-refractivity contribution in [2.45, 2.75) is 32.2 Å². The number of non-ortho nitro benzene ring substituents is 1. The Labute approximate surface area is 134 Å². The largest absolute Gasteiger partial charge is 0.353 e. The van der Waals surface area contributed by atoms with E-state index in [1.165, 1.54) is 31.4 Å². The van der Waals surface area contributed by atoms with Crippen LogP contribution in [-0.2, 0) is 0 Å². The molecule has 0 N–H and O–H groups in total. The zero-order valence-electron chi connectivity index (χ0n) is 13.0. The molecule has 0 radical (unpaired) electrons. The third-order valence-electron chi connectivity index (χ3n) is 4.86. The van der Waals surface area contributed by atoms with Gasteiger partial charge in [-0.25, -0.2) is 9.97 Å². The molecule has 1 aliphatic carbocycles. The summed E-state index contributed by atoms with van der Waals surface area (Å²) in [5, 5.41) is 11.0. The summed E-state index contributed by atoms with van der Waals surface area (Å²) in [5.41, 5.74) is 1.64. The number of nitrogens with zero attached hydrogens (tertiary/aromatic N) is 4. The van der Waals surface area contributed by atoms with Crippen molar-refractivity contribution in [3.8, 4) is 11.4 Å². The molecule has 0 amide bonds. The Balaban J connectivity index is 1.72. The van der Waals surface area contributed by atoms with E-state index in [0.29, 0.717) is 17.4 Å². The summed E-state index contributed by atoms with van der Waals surface area (Å²) in [6.07, 6.45) is 3.82. The smallest absolute Gasteiger partial charge is 0.270 e. The highest BCUT2D eigenvalue weighted by molar-refractivity contribution is 5.61. The van der Waals surface area contributed by atoms with Crippen LogP contribution in [0.3, 0.4) is 0 Å². The quantitative estimate of drug-likeness (QED) is 0.642. The van der Waals surface area contributed by atoms with E-state index < -0.39 is 0 Å². The molecule has 118 valence electrons. The summed E-state index contributed by atoms with van der Waals surface area (Å²) in [6, 6.07) is 9.13. The fraction of sp³-hybridized carbons (Fsp3) is 0.412. The van der Waals surface area contributed by atoms with Gasteiger partial charge in [0.1, 0.15) is 5.82 Å². The highest BCUT2D eigenvalue weighted by Crippen LogP contribution is 2.40. The monoisotopic (exact) mass is 310 g/mol. The number of fused-ring (bicyclic) bond motifs is 2. The van der Waals surface area contributed by atoms with E-state index in [-0.39, 0.29) is 10.6 Å². The minimum Gasteiger partial charge on any atom is -0.353 e. The maximum absolute atomic E-state index is 11.0. The van der Waals surface area contributed by atoms with Crippen molar-refractivity contribution in [3.63, 3.8) is 0 Å². The van der Waals surface area contributed by atoms with Gasteiger partial charge in [0.2, 0.25) is 0 Å². The van der Waals surface area contributed by atoms with Crippen LogP contribution >= 0.6 is 0 Å². The lowest BCUT2D eigenvalue weighted by Crippen LogP contribution is -2.32. The second kappa shape index (κ2) is 5.30. The Morgan fingerprint density at radius 1 is 1.26 bits per heavy atom. The average molecular weight is 310 g/mol. The zero-order valence-corrected chi connectivity index (χ0v) is 13.0. The Bertz CT molecular complexity index is 777. The maximum Gasteiger partial charge on any atom is 0.270 e. The predicted octanol–water partition coefficient (Wildman–Crippen LogP) is 3.35. The number of nitro benzene ring substituents is 1. The molecule has 6 heteroatoms. The number of hydrogen-bond donors (Lipinski definition) is 0. The van der Waals surface area contributed by atoms with Crippen molar-refractivity contribution in [2.75, 3.05) is 11.4 Å². The predicted molar refractivity (Wildman–Crippen MR) is 87.3 cm³/mol. The van der Waals surface area contributed by atoms with Crippen LogP contribution in [0.4, 0.5) is 11.5 Å². The van der Waals surface area contributed by atoms with E-state index in [0.717, 1.165) is 24.0 Å². The normalized spacial score (nSPS) is 22.6. The summed E-state index contributed by atoms with van der Waals surface area (Å²) in [7, 11) is 0. The van der Waals surface area contributed by atoms with Crippen LogP contribution in [-0.4, -0.2) is 27.5 Å². The molecule has 2 bridgehead atoms. The van der Waals surface area contributed by atoms with Gasteiger partial charge >= 0.3 is 0 Å². The van der Waals surface area contributed by atoms with Gasteiger partial charge in [0.25, 0.3) is 5.69 Å². The number of benzene rings is 1. The van der Waals surface area contributed by atoms with Gasteiger partial charge in [0, 0.05) is 42.0 Å². The van der Waals surface area contributed by atoms with Crippen molar-refractivity contribution >= 4 is 11.5 Å². The van der Waals surface area contributed by atoms with Crippen molar-refractivity contribution in [1.82, 2.24) is 9.97 Å². The van der Waals surface area contributed by atoms with Crippen LogP contribution in [0.1, 0.15) is 25.0 Å². The van der Waals surface area contributed by atoms with Crippen molar-refractivity contribution < 1.29 is 4.92 Å². The molecule has 2 atom stereocenters. The van der Waals surface area contributed by atoms with Gasteiger partial charge < -0.3 is 4.90 Å². The number of piperidine rings is 1. The maximum atomic E-state index is 11.0. The topological polar surface area (TPSA) is 72.2 Å². The highest BCUT2D eigenvalue weighted by Gasteiger charge is 2.38. The lowest BCUT2D eigenvalue weighted by molar-refractivity contribution is -0.384. The number of anilines is 1. The minimum atomic E-state index is -0.389. The van der Waals surface area contributed by atoms with Crippen LogP contribution in [0.15, 0.2) is 30.3 Å². The van der Waals surface area contributed by atoms with Crippen molar-refractivity contribution in [3.05, 3.63) is 46.1 Å². The number of rotatable bonds is 3. The molecule has 1 saturated carbocycles. The molecular weight excluding hydrogens is 292 g/mol. The Kier molecular flexibility index (Phi) is 3.25. The number of nitro groups is 1. The van der Waals surface area contributed by atoms with Crippen LogP contribution in [0, 0.1) is 23.0 Å². The lowest BCUT2D eigenvalue weighted by Gasteiger charge is -2.28. The van der Waals surface area contributed by atoms with Crippen molar-refractivity contribution in [2.24, 2.45) is 5.92 Å². The van der Waals surface area contributed by atoms with Gasteiger partial charge in [-0.1, -0.05) is 12.1 Å². The molecule has 2 aliphatic rings.